The number of amides is 1. The van der Waals surface area contributed by atoms with Gasteiger partial charge in [0, 0.05) is 32.2 Å². The second-order valence-electron chi connectivity index (χ2n) is 7.84. The summed E-state index contributed by atoms with van der Waals surface area (Å²) in [7, 11) is 3.99. The highest BCUT2D eigenvalue weighted by Crippen LogP contribution is 2.35. The number of rotatable bonds is 2. The smallest absolute Gasteiger partial charge is 0.410 e. The van der Waals surface area contributed by atoms with Gasteiger partial charge in [0.05, 0.1) is 6.04 Å². The third kappa shape index (κ3) is 3.70. The molecule has 0 saturated carbocycles. The number of hydrogen-bond donors (Lipinski definition) is 0. The predicted octanol–water partition coefficient (Wildman–Crippen LogP) is 4.37. The molecule has 1 aromatic heterocycles. The normalized spacial score (nSPS) is 17.8. The number of carbonyl (C=O) groups excluding carboxylic acids is 1. The standard InChI is InChI=1S/C20H27N3O2/c1-20(2,3)25-19(24)23-12-6-7-17(23)15-8-9-16-14(13-15)10-11-21-18(16)22(4)5/h8-11,13,17H,6-7,12H2,1-5H3. The fraction of sp³-hybridized carbons (Fsp3) is 0.500. The van der Waals surface area contributed by atoms with Crippen LogP contribution in [-0.2, 0) is 4.74 Å². The summed E-state index contributed by atoms with van der Waals surface area (Å²) in [4.78, 5) is 20.9. The number of carbonyl (C=O) groups is 1. The van der Waals surface area contributed by atoms with E-state index in [9.17, 15) is 4.79 Å². The second-order valence-corrected chi connectivity index (χ2v) is 7.84. The topological polar surface area (TPSA) is 45.7 Å². The van der Waals surface area contributed by atoms with Crippen LogP contribution in [0.2, 0.25) is 0 Å². The number of fused-ring (bicyclic) bond motifs is 1. The first-order valence-corrected chi connectivity index (χ1v) is 8.82. The molecule has 1 saturated heterocycles. The molecule has 5 heteroatoms. The molecule has 2 heterocycles. The van der Waals surface area contributed by atoms with Crippen LogP contribution in [0.1, 0.15) is 45.2 Å². The first-order chi connectivity index (χ1) is 11.8. The Kier molecular flexibility index (Phi) is 4.58. The number of pyridine rings is 1. The number of aromatic nitrogens is 1. The Morgan fingerprint density at radius 2 is 2.04 bits per heavy atom. The third-order valence-corrected chi connectivity index (χ3v) is 4.46. The highest BCUT2D eigenvalue weighted by atomic mass is 16.6. The summed E-state index contributed by atoms with van der Waals surface area (Å²) in [6.45, 7) is 6.46. The van der Waals surface area contributed by atoms with E-state index in [0.29, 0.717) is 0 Å². The van der Waals surface area contributed by atoms with Crippen LogP contribution in [0.25, 0.3) is 10.8 Å². The molecule has 1 aliphatic rings. The molecule has 0 N–H and O–H groups in total. The molecule has 1 amide bonds. The second kappa shape index (κ2) is 6.54. The predicted molar refractivity (Wildman–Crippen MR) is 101 cm³/mol. The van der Waals surface area contributed by atoms with Gasteiger partial charge < -0.3 is 14.5 Å². The van der Waals surface area contributed by atoms with Gasteiger partial charge in [0.25, 0.3) is 0 Å². The SMILES string of the molecule is CN(C)c1nccc2cc(C3CCCN3C(=O)OC(C)(C)C)ccc12. The van der Waals surface area contributed by atoms with Gasteiger partial charge in [-0.25, -0.2) is 9.78 Å². The van der Waals surface area contributed by atoms with Gasteiger partial charge >= 0.3 is 6.09 Å². The first-order valence-electron chi connectivity index (χ1n) is 8.82. The van der Waals surface area contributed by atoms with Crippen molar-refractivity contribution < 1.29 is 9.53 Å². The van der Waals surface area contributed by atoms with Crippen molar-refractivity contribution in [2.45, 2.75) is 45.3 Å². The first kappa shape index (κ1) is 17.5. The van der Waals surface area contributed by atoms with Gasteiger partial charge in [-0.3, -0.25) is 0 Å². The summed E-state index contributed by atoms with van der Waals surface area (Å²) in [5.41, 5.74) is 0.687. The van der Waals surface area contributed by atoms with Gasteiger partial charge in [-0.1, -0.05) is 12.1 Å². The van der Waals surface area contributed by atoms with Gasteiger partial charge in [0.15, 0.2) is 0 Å². The Balaban J connectivity index is 1.91. The van der Waals surface area contributed by atoms with Crippen LogP contribution in [0.4, 0.5) is 10.6 Å². The van der Waals surface area contributed by atoms with E-state index in [0.717, 1.165) is 41.5 Å². The molecular weight excluding hydrogens is 314 g/mol. The molecule has 0 spiro atoms. The van der Waals surface area contributed by atoms with E-state index >= 15 is 0 Å². The minimum atomic E-state index is -0.472. The number of ether oxygens (including phenoxy) is 1. The van der Waals surface area contributed by atoms with E-state index < -0.39 is 5.60 Å². The van der Waals surface area contributed by atoms with Gasteiger partial charge in [-0.2, -0.15) is 0 Å². The van der Waals surface area contributed by atoms with Crippen LogP contribution in [-0.4, -0.2) is 42.2 Å². The van der Waals surface area contributed by atoms with Crippen molar-refractivity contribution in [3.63, 3.8) is 0 Å². The minimum Gasteiger partial charge on any atom is -0.444 e. The van der Waals surface area contributed by atoms with E-state index in [2.05, 4.69) is 23.2 Å². The van der Waals surface area contributed by atoms with Crippen molar-refractivity contribution in [2.24, 2.45) is 0 Å². The van der Waals surface area contributed by atoms with E-state index in [4.69, 9.17) is 4.74 Å². The Bertz CT molecular complexity index is 780. The summed E-state index contributed by atoms with van der Waals surface area (Å²) in [6.07, 6.45) is 3.58. The highest BCUT2D eigenvalue weighted by molar-refractivity contribution is 5.92. The van der Waals surface area contributed by atoms with Crippen molar-refractivity contribution in [3.05, 3.63) is 36.0 Å². The van der Waals surface area contributed by atoms with Crippen LogP contribution in [0.3, 0.4) is 0 Å². The number of benzene rings is 1. The summed E-state index contributed by atoms with van der Waals surface area (Å²) < 4.78 is 5.58. The fourth-order valence-corrected chi connectivity index (χ4v) is 3.40. The van der Waals surface area contributed by atoms with Crippen LogP contribution in [0, 0.1) is 0 Å². The maximum absolute atomic E-state index is 12.5. The van der Waals surface area contributed by atoms with Gasteiger partial charge in [0.1, 0.15) is 11.4 Å². The van der Waals surface area contributed by atoms with Crippen molar-refractivity contribution in [3.8, 4) is 0 Å². The van der Waals surface area contributed by atoms with Crippen molar-refractivity contribution in [1.29, 1.82) is 0 Å². The molecule has 1 unspecified atom stereocenters. The lowest BCUT2D eigenvalue weighted by Gasteiger charge is -2.29. The molecule has 0 bridgehead atoms. The zero-order chi connectivity index (χ0) is 18.2. The Morgan fingerprint density at radius 1 is 1.28 bits per heavy atom. The number of anilines is 1. The molecule has 134 valence electrons. The molecule has 5 nitrogen and oxygen atoms in total. The quantitative estimate of drug-likeness (QED) is 0.813. The lowest BCUT2D eigenvalue weighted by molar-refractivity contribution is 0.0224. The molecule has 1 atom stereocenters. The van der Waals surface area contributed by atoms with Crippen molar-refractivity contribution in [1.82, 2.24) is 9.88 Å². The minimum absolute atomic E-state index is 0.0789. The summed E-state index contributed by atoms with van der Waals surface area (Å²) in [5.74, 6) is 0.958. The van der Waals surface area contributed by atoms with Gasteiger partial charge in [-0.05, 0) is 56.7 Å². The lowest BCUT2D eigenvalue weighted by Crippen LogP contribution is -2.36. The van der Waals surface area contributed by atoms with Crippen LogP contribution in [0.5, 0.6) is 0 Å². The summed E-state index contributed by atoms with van der Waals surface area (Å²) in [6, 6.07) is 8.51. The maximum Gasteiger partial charge on any atom is 0.410 e. The average molecular weight is 341 g/mol. The molecule has 1 aliphatic heterocycles. The lowest BCUT2D eigenvalue weighted by atomic mass is 10.0. The highest BCUT2D eigenvalue weighted by Gasteiger charge is 2.33. The van der Waals surface area contributed by atoms with E-state index in [1.807, 2.05) is 56.9 Å². The van der Waals surface area contributed by atoms with Crippen LogP contribution >= 0.6 is 0 Å². The Hall–Kier alpha value is -2.30. The number of likely N-dealkylation sites (tertiary alicyclic amines) is 1. The van der Waals surface area contributed by atoms with E-state index in [1.54, 1.807) is 0 Å². The Morgan fingerprint density at radius 3 is 2.72 bits per heavy atom. The van der Waals surface area contributed by atoms with Gasteiger partial charge in [0.2, 0.25) is 0 Å². The maximum atomic E-state index is 12.5. The van der Waals surface area contributed by atoms with Crippen molar-refractivity contribution in [2.75, 3.05) is 25.5 Å². The molecule has 25 heavy (non-hydrogen) atoms. The van der Waals surface area contributed by atoms with Crippen molar-refractivity contribution >= 4 is 22.7 Å². The fourth-order valence-electron chi connectivity index (χ4n) is 3.40. The van der Waals surface area contributed by atoms with E-state index in [-0.39, 0.29) is 12.1 Å². The molecule has 3 rings (SSSR count). The van der Waals surface area contributed by atoms with Crippen LogP contribution < -0.4 is 4.90 Å². The molecule has 0 aliphatic carbocycles. The summed E-state index contributed by atoms with van der Waals surface area (Å²) >= 11 is 0. The monoisotopic (exact) mass is 341 g/mol. The molecule has 1 fully saturated rings. The molecule has 0 radical (unpaired) electrons. The Labute approximate surface area is 149 Å². The zero-order valence-corrected chi connectivity index (χ0v) is 15.7. The number of hydrogen-bond acceptors (Lipinski definition) is 4. The molecule has 2 aromatic rings. The molecular formula is C20H27N3O2. The third-order valence-electron chi connectivity index (χ3n) is 4.46. The zero-order valence-electron chi connectivity index (χ0n) is 15.7. The van der Waals surface area contributed by atoms with E-state index in [1.165, 1.54) is 0 Å². The largest absolute Gasteiger partial charge is 0.444 e. The molecule has 1 aromatic carbocycles. The average Bonchev–Trinajstić information content (AvgIpc) is 3.01. The summed E-state index contributed by atoms with van der Waals surface area (Å²) in [5, 5.41) is 2.27. The number of nitrogens with zero attached hydrogens (tertiary/aromatic N) is 3. The van der Waals surface area contributed by atoms with Crippen LogP contribution in [0.15, 0.2) is 30.5 Å². The van der Waals surface area contributed by atoms with Gasteiger partial charge in [-0.15, -0.1) is 0 Å².